The number of hydrogen-bond acceptors (Lipinski definition) is 5. The molecule has 21 heavy (non-hydrogen) atoms. The molecule has 0 bridgehead atoms. The van der Waals surface area contributed by atoms with Crippen LogP contribution in [0.15, 0.2) is 35.2 Å². The van der Waals surface area contributed by atoms with Crippen molar-refractivity contribution in [2.45, 2.75) is 11.0 Å². The third-order valence-corrected chi connectivity index (χ3v) is 4.85. The molecule has 3 N–H and O–H groups in total. The maximum atomic E-state index is 11.5. The zero-order chi connectivity index (χ0) is 15.6. The van der Waals surface area contributed by atoms with Crippen LogP contribution in [0.1, 0.15) is 0 Å². The van der Waals surface area contributed by atoms with Gasteiger partial charge in [-0.3, -0.25) is 0 Å². The van der Waals surface area contributed by atoms with Crippen molar-refractivity contribution in [2.75, 3.05) is 13.2 Å². The van der Waals surface area contributed by atoms with Crippen LogP contribution in [0.3, 0.4) is 0 Å². The summed E-state index contributed by atoms with van der Waals surface area (Å²) in [4.78, 5) is -0.354. The third-order valence-electron chi connectivity index (χ3n) is 3.10. The summed E-state index contributed by atoms with van der Waals surface area (Å²) in [6, 6.07) is 8.28. The van der Waals surface area contributed by atoms with Gasteiger partial charge in [0.15, 0.2) is 0 Å². The Morgan fingerprint density at radius 3 is 2.52 bits per heavy atom. The Hall–Kier alpha value is -0.670. The van der Waals surface area contributed by atoms with Crippen molar-refractivity contribution in [3.63, 3.8) is 0 Å². The van der Waals surface area contributed by atoms with Crippen LogP contribution in [0, 0.1) is 0 Å². The van der Waals surface area contributed by atoms with Crippen LogP contribution >= 0.6 is 0 Å². The second kappa shape index (κ2) is 6.62. The molecule has 0 fully saturated rings. The molecule has 0 aliphatic rings. The molecule has 0 radical (unpaired) electrons. The Balaban J connectivity index is 2.63. The van der Waals surface area contributed by atoms with Crippen molar-refractivity contribution in [3.05, 3.63) is 30.3 Å². The number of aliphatic hydroxyl groups is 2. The molecule has 0 aliphatic carbocycles. The standard InChI is InChI=1S/C13H13O6S.Na/c14-7-10(15)8-19-13-11-4-2-1-3-9(11)5-6-12(13)20(16,17)18;/h1-2,4-6,10,14-15H,7-8H2,(H,16,17,18);. The number of benzene rings is 2. The second-order valence-electron chi connectivity index (χ2n) is 4.69. The fourth-order valence-electron chi connectivity index (χ4n) is 2.05. The average Bonchev–Trinajstić information content (AvgIpc) is 2.43. The first kappa shape index (κ1) is 16.7. The van der Waals surface area contributed by atoms with E-state index in [2.05, 4.69) is 0 Å². The summed E-state index contributed by atoms with van der Waals surface area (Å²) in [6.07, 6.45) is -1.13. The molecule has 8 heteroatoms. The van der Waals surface area contributed by atoms with E-state index in [4.69, 9.17) is 9.84 Å². The van der Waals surface area contributed by atoms with Crippen molar-refractivity contribution in [1.29, 1.82) is 0 Å². The minimum absolute atomic E-state index is 0.0137. The van der Waals surface area contributed by atoms with Gasteiger partial charge in [-0.15, -0.1) is 0 Å². The van der Waals surface area contributed by atoms with Crippen LogP contribution in [-0.4, -0.2) is 70.4 Å². The fraction of sp³-hybridized carbons (Fsp3) is 0.231. The van der Waals surface area contributed by atoms with Gasteiger partial charge in [-0.1, -0.05) is 0 Å². The first-order valence-electron chi connectivity index (χ1n) is 6.26. The predicted octanol–water partition coefficient (Wildman–Crippen LogP) is -0.388. The summed E-state index contributed by atoms with van der Waals surface area (Å²) in [7, 11) is -4.45. The summed E-state index contributed by atoms with van der Waals surface area (Å²) < 4.78 is 38.7. The molecule has 2 rings (SSSR count). The summed E-state index contributed by atoms with van der Waals surface area (Å²) in [5, 5.41) is 19.5. The van der Waals surface area contributed by atoms with Crippen LogP contribution < -0.4 is 7.55 Å². The number of hydrogen-bond donors (Lipinski definition) is 3. The Kier molecular flexibility index (Phi) is 5.26. The molecule has 6 nitrogen and oxygen atoms in total. The minimum atomic E-state index is -4.45. The Labute approximate surface area is 139 Å². The maximum absolute atomic E-state index is 11.5. The average molecular weight is 320 g/mol. The van der Waals surface area contributed by atoms with Gasteiger partial charge in [0, 0.05) is 0 Å². The van der Waals surface area contributed by atoms with Gasteiger partial charge in [0.05, 0.1) is 0 Å². The van der Waals surface area contributed by atoms with E-state index in [9.17, 15) is 18.1 Å². The molecule has 1 unspecified atom stereocenters. The zero-order valence-corrected chi connectivity index (χ0v) is 14.2. The molecule has 0 saturated carbocycles. The number of aliphatic hydroxyl groups excluding tert-OH is 2. The monoisotopic (exact) mass is 320 g/mol. The topological polar surface area (TPSA) is 104 Å². The van der Waals surface area contributed by atoms with Crippen LogP contribution in [-0.2, 0) is 10.1 Å². The second-order valence-corrected chi connectivity index (χ2v) is 7.15. The van der Waals surface area contributed by atoms with Crippen molar-refractivity contribution in [1.82, 2.24) is 0 Å². The fourth-order valence-corrected chi connectivity index (χ4v) is 3.32. The van der Waals surface area contributed by atoms with Crippen molar-refractivity contribution in [3.8, 4) is 5.75 Å². The molecule has 0 saturated heterocycles. The molecule has 2 aromatic rings. The van der Waals surface area contributed by atoms with Gasteiger partial charge in [0.2, 0.25) is 0 Å². The number of fused-ring (bicyclic) bond motifs is 1. The third kappa shape index (κ3) is 3.75. The van der Waals surface area contributed by atoms with Crippen LogP contribution in [0.25, 0.3) is 10.8 Å². The van der Waals surface area contributed by atoms with Gasteiger partial charge in [0.25, 0.3) is 0 Å². The molecule has 108 valence electrons. The quantitative estimate of drug-likeness (QED) is 0.512. The van der Waals surface area contributed by atoms with E-state index in [-0.39, 0.29) is 17.3 Å². The molecule has 0 amide bonds. The molecule has 2 aromatic carbocycles. The molecule has 0 heterocycles. The molecular formula is C13H13NaO6S. The van der Waals surface area contributed by atoms with Gasteiger partial charge in [-0.2, -0.15) is 0 Å². The number of rotatable bonds is 5. The van der Waals surface area contributed by atoms with E-state index in [1.807, 2.05) is 6.07 Å². The predicted molar refractivity (Wildman–Crippen MR) is 77.7 cm³/mol. The molecule has 0 aromatic heterocycles. The van der Waals surface area contributed by atoms with Gasteiger partial charge in [-0.25, -0.2) is 0 Å². The molecular weight excluding hydrogens is 307 g/mol. The summed E-state index contributed by atoms with van der Waals surface area (Å²) in [6.45, 7) is -0.776. The summed E-state index contributed by atoms with van der Waals surface area (Å²) in [5.74, 6) is -0.0137. The van der Waals surface area contributed by atoms with E-state index in [1.165, 1.54) is 6.07 Å². The van der Waals surface area contributed by atoms with Crippen molar-refractivity contribution < 1.29 is 27.9 Å². The Bertz CT molecular complexity index is 759. The Morgan fingerprint density at radius 1 is 1.19 bits per heavy atom. The van der Waals surface area contributed by atoms with E-state index in [0.717, 1.165) is 36.1 Å². The van der Waals surface area contributed by atoms with E-state index in [1.54, 1.807) is 18.2 Å². The zero-order valence-electron chi connectivity index (χ0n) is 11.4. The van der Waals surface area contributed by atoms with Gasteiger partial charge >= 0.3 is 140 Å². The molecule has 0 aliphatic heterocycles. The van der Waals surface area contributed by atoms with Gasteiger partial charge < -0.3 is 0 Å². The van der Waals surface area contributed by atoms with Crippen molar-refractivity contribution in [2.24, 2.45) is 0 Å². The van der Waals surface area contributed by atoms with Gasteiger partial charge in [0.1, 0.15) is 0 Å². The summed E-state index contributed by atoms with van der Waals surface area (Å²) >= 11 is 0.767. The van der Waals surface area contributed by atoms with Crippen LogP contribution in [0.2, 0.25) is 0 Å². The van der Waals surface area contributed by atoms with E-state index >= 15 is 0 Å². The Morgan fingerprint density at radius 2 is 1.90 bits per heavy atom. The van der Waals surface area contributed by atoms with Crippen LogP contribution in [0.4, 0.5) is 0 Å². The normalized spacial score (nSPS) is 13.4. The van der Waals surface area contributed by atoms with E-state index in [0.29, 0.717) is 5.39 Å². The SMILES string of the molecule is O=S(=O)(O)c1ccc2[c]([Na])cccc2c1OCC(O)CO. The van der Waals surface area contributed by atoms with Crippen molar-refractivity contribution >= 4 is 51.6 Å². The van der Waals surface area contributed by atoms with Gasteiger partial charge in [-0.05, 0) is 0 Å². The first-order valence-corrected chi connectivity index (χ1v) is 8.70. The van der Waals surface area contributed by atoms with E-state index < -0.39 is 22.8 Å². The first-order chi connectivity index (χ1) is 9.84. The molecule has 1 atom stereocenters. The summed E-state index contributed by atoms with van der Waals surface area (Å²) in [5.41, 5.74) is 0. The van der Waals surface area contributed by atoms with Crippen LogP contribution in [0.5, 0.6) is 5.75 Å². The number of ether oxygens (including phenoxy) is 1. The molecule has 0 spiro atoms.